The monoisotopic (exact) mass is 486 g/mol. The van der Waals surface area contributed by atoms with Gasteiger partial charge in [-0.1, -0.05) is 6.07 Å². The number of nitrogens with zero attached hydrogens (tertiary/aromatic N) is 4. The second-order valence-electron chi connectivity index (χ2n) is 8.63. The number of amides is 1. The third-order valence-corrected chi connectivity index (χ3v) is 6.47. The number of benzene rings is 1. The Bertz CT molecular complexity index is 1410. The number of carbonyl (C=O) groups excluding carboxylic acids is 1. The molecule has 36 heavy (non-hydrogen) atoms. The average molecular weight is 487 g/mol. The maximum Gasteiger partial charge on any atom is 0.254 e. The Morgan fingerprint density at radius 3 is 2.81 bits per heavy atom. The first-order chi connectivity index (χ1) is 17.7. The van der Waals surface area contributed by atoms with Crippen molar-refractivity contribution >= 4 is 28.7 Å². The van der Waals surface area contributed by atoms with E-state index in [0.717, 1.165) is 54.5 Å². The van der Waals surface area contributed by atoms with Crippen LogP contribution in [0.5, 0.6) is 5.75 Å². The highest BCUT2D eigenvalue weighted by atomic mass is 16.5. The maximum atomic E-state index is 12.8. The lowest BCUT2D eigenvalue weighted by atomic mass is 9.99. The third kappa shape index (κ3) is 4.10. The molecule has 1 amide bonds. The molecule has 184 valence electrons. The molecule has 5 heterocycles. The van der Waals surface area contributed by atoms with Crippen molar-refractivity contribution in [3.8, 4) is 17.0 Å². The number of ether oxygens (including phenoxy) is 2. The van der Waals surface area contributed by atoms with Gasteiger partial charge in [-0.2, -0.15) is 0 Å². The average Bonchev–Trinajstić information content (AvgIpc) is 3.52. The first-order valence-corrected chi connectivity index (χ1v) is 11.9. The predicted molar refractivity (Wildman–Crippen MR) is 135 cm³/mol. The fraction of sp³-hybridized carbons (Fsp3) is 0.269. The number of morpholine rings is 1. The fourth-order valence-corrected chi connectivity index (χ4v) is 4.71. The van der Waals surface area contributed by atoms with E-state index in [0.29, 0.717) is 29.4 Å². The van der Waals surface area contributed by atoms with Crippen LogP contribution in [0.15, 0.2) is 55.0 Å². The molecule has 6 rings (SSSR count). The number of nitrogens with one attached hydrogen (secondary N) is 2. The maximum absolute atomic E-state index is 12.8. The van der Waals surface area contributed by atoms with Crippen LogP contribution < -0.4 is 20.3 Å². The molecular formula is C26H26N6O4. The van der Waals surface area contributed by atoms with Crippen molar-refractivity contribution in [2.24, 2.45) is 0 Å². The molecule has 4 aromatic rings. The SMILES string of the molecule is O=C1NCc2c(-c3cnc4cc(OCCO)ccn34)ccc(Nc3ccc(N4CCOCC4)cn3)c21. The molecule has 1 aromatic carbocycles. The fourth-order valence-electron chi connectivity index (χ4n) is 4.71. The van der Waals surface area contributed by atoms with Gasteiger partial charge in [-0.25, -0.2) is 9.97 Å². The zero-order valence-corrected chi connectivity index (χ0v) is 19.6. The van der Waals surface area contributed by atoms with Crippen LogP contribution in [0.2, 0.25) is 0 Å². The number of aromatic nitrogens is 3. The van der Waals surface area contributed by atoms with Crippen molar-refractivity contribution in [3.63, 3.8) is 0 Å². The zero-order valence-electron chi connectivity index (χ0n) is 19.6. The van der Waals surface area contributed by atoms with Crippen molar-refractivity contribution in [1.82, 2.24) is 19.7 Å². The summed E-state index contributed by atoms with van der Waals surface area (Å²) in [4.78, 5) is 24.2. The number of pyridine rings is 2. The Hall–Kier alpha value is -4.15. The summed E-state index contributed by atoms with van der Waals surface area (Å²) in [5, 5.41) is 15.3. The van der Waals surface area contributed by atoms with Gasteiger partial charge in [0.25, 0.3) is 5.91 Å². The van der Waals surface area contributed by atoms with Crippen LogP contribution >= 0.6 is 0 Å². The minimum absolute atomic E-state index is 0.0496. The van der Waals surface area contributed by atoms with E-state index < -0.39 is 0 Å². The molecule has 1 saturated heterocycles. The predicted octanol–water partition coefficient (Wildman–Crippen LogP) is 2.59. The van der Waals surface area contributed by atoms with Crippen LogP contribution in [0.3, 0.4) is 0 Å². The number of rotatable bonds is 7. The highest BCUT2D eigenvalue weighted by Crippen LogP contribution is 2.35. The molecule has 3 N–H and O–H groups in total. The lowest BCUT2D eigenvalue weighted by Crippen LogP contribution is -2.36. The molecule has 0 radical (unpaired) electrons. The highest BCUT2D eigenvalue weighted by Gasteiger charge is 2.27. The molecule has 2 aliphatic heterocycles. The smallest absolute Gasteiger partial charge is 0.254 e. The second-order valence-corrected chi connectivity index (χ2v) is 8.63. The summed E-state index contributed by atoms with van der Waals surface area (Å²) in [7, 11) is 0. The summed E-state index contributed by atoms with van der Waals surface area (Å²) in [5.74, 6) is 1.20. The van der Waals surface area contributed by atoms with E-state index in [4.69, 9.17) is 14.6 Å². The van der Waals surface area contributed by atoms with E-state index in [1.807, 2.05) is 53.2 Å². The highest BCUT2D eigenvalue weighted by molar-refractivity contribution is 6.06. The Morgan fingerprint density at radius 2 is 2.00 bits per heavy atom. The van der Waals surface area contributed by atoms with Crippen molar-refractivity contribution in [1.29, 1.82) is 0 Å². The largest absolute Gasteiger partial charge is 0.491 e. The summed E-state index contributed by atoms with van der Waals surface area (Å²) in [5.41, 5.74) is 5.83. The molecule has 10 nitrogen and oxygen atoms in total. The van der Waals surface area contributed by atoms with Crippen LogP contribution in [-0.4, -0.2) is 64.9 Å². The number of hydrogen-bond donors (Lipinski definition) is 3. The van der Waals surface area contributed by atoms with Crippen LogP contribution in [0, 0.1) is 0 Å². The molecular weight excluding hydrogens is 460 g/mol. The van der Waals surface area contributed by atoms with E-state index >= 15 is 0 Å². The minimum Gasteiger partial charge on any atom is -0.491 e. The Kier molecular flexibility index (Phi) is 5.88. The molecule has 0 atom stereocenters. The molecule has 0 aliphatic carbocycles. The first kappa shape index (κ1) is 22.3. The molecule has 3 aromatic heterocycles. The summed E-state index contributed by atoms with van der Waals surface area (Å²) < 4.78 is 12.9. The summed E-state index contributed by atoms with van der Waals surface area (Å²) >= 11 is 0. The number of aliphatic hydroxyl groups excluding tert-OH is 1. The number of imidazole rings is 1. The van der Waals surface area contributed by atoms with Crippen LogP contribution in [0.1, 0.15) is 15.9 Å². The van der Waals surface area contributed by atoms with E-state index in [1.54, 1.807) is 6.20 Å². The number of fused-ring (bicyclic) bond motifs is 2. The summed E-state index contributed by atoms with van der Waals surface area (Å²) in [6.07, 6.45) is 5.52. The van der Waals surface area contributed by atoms with Crippen molar-refractivity contribution in [2.75, 3.05) is 49.7 Å². The number of anilines is 3. The van der Waals surface area contributed by atoms with Gasteiger partial charge in [0.2, 0.25) is 0 Å². The van der Waals surface area contributed by atoms with Crippen LogP contribution in [0.4, 0.5) is 17.2 Å². The topological polar surface area (TPSA) is 113 Å². The quantitative estimate of drug-likeness (QED) is 0.365. The Morgan fingerprint density at radius 1 is 1.11 bits per heavy atom. The molecule has 10 heteroatoms. The molecule has 0 saturated carbocycles. The van der Waals surface area contributed by atoms with Gasteiger partial charge in [0.1, 0.15) is 23.8 Å². The van der Waals surface area contributed by atoms with Crippen molar-refractivity contribution in [3.05, 3.63) is 66.1 Å². The summed E-state index contributed by atoms with van der Waals surface area (Å²) in [6.45, 7) is 3.76. The van der Waals surface area contributed by atoms with E-state index in [-0.39, 0.29) is 19.1 Å². The van der Waals surface area contributed by atoms with Gasteiger partial charge in [-0.15, -0.1) is 0 Å². The van der Waals surface area contributed by atoms with Gasteiger partial charge < -0.3 is 30.1 Å². The summed E-state index contributed by atoms with van der Waals surface area (Å²) in [6, 6.07) is 11.5. The van der Waals surface area contributed by atoms with Gasteiger partial charge in [0, 0.05) is 37.5 Å². The molecule has 2 aliphatic rings. The zero-order chi connectivity index (χ0) is 24.5. The normalized spacial score (nSPS) is 15.1. The van der Waals surface area contributed by atoms with Gasteiger partial charge in [0.15, 0.2) is 0 Å². The van der Waals surface area contributed by atoms with Gasteiger partial charge in [-0.05, 0) is 29.8 Å². The van der Waals surface area contributed by atoms with E-state index in [2.05, 4.69) is 25.5 Å². The first-order valence-electron chi connectivity index (χ1n) is 11.9. The second kappa shape index (κ2) is 9.48. The van der Waals surface area contributed by atoms with Crippen LogP contribution in [0.25, 0.3) is 16.9 Å². The molecule has 1 fully saturated rings. The van der Waals surface area contributed by atoms with Crippen LogP contribution in [-0.2, 0) is 11.3 Å². The lowest BCUT2D eigenvalue weighted by molar-refractivity contribution is 0.0966. The Labute approximate surface area is 207 Å². The van der Waals surface area contributed by atoms with Gasteiger partial charge in [0.05, 0.1) is 54.8 Å². The number of hydrogen-bond acceptors (Lipinski definition) is 8. The standard InChI is InChI=1S/C26H26N6O4/c33-9-12-36-18-5-6-32-22(16-28-24(32)13-18)19-2-3-21(25-20(19)15-29-26(25)34)30-23-4-1-17(14-27-23)31-7-10-35-11-8-31/h1-6,13-14,16,33H,7-12,15H2,(H,27,30)(H,29,34). The van der Waals surface area contributed by atoms with Crippen molar-refractivity contribution < 1.29 is 19.4 Å². The molecule has 0 spiro atoms. The molecule has 0 bridgehead atoms. The lowest BCUT2D eigenvalue weighted by Gasteiger charge is -2.28. The minimum atomic E-state index is -0.118. The van der Waals surface area contributed by atoms with E-state index in [9.17, 15) is 4.79 Å². The van der Waals surface area contributed by atoms with Gasteiger partial charge in [-0.3, -0.25) is 9.20 Å². The molecule has 0 unspecified atom stereocenters. The van der Waals surface area contributed by atoms with Gasteiger partial charge >= 0.3 is 0 Å². The third-order valence-electron chi connectivity index (χ3n) is 6.47. The Balaban J connectivity index is 1.30. The van der Waals surface area contributed by atoms with E-state index in [1.165, 1.54) is 0 Å². The number of carbonyl (C=O) groups is 1. The number of aliphatic hydroxyl groups is 1. The van der Waals surface area contributed by atoms with Crippen molar-refractivity contribution in [2.45, 2.75) is 6.54 Å².